The van der Waals surface area contributed by atoms with Gasteiger partial charge in [-0.25, -0.2) is 4.79 Å². The molecule has 0 radical (unpaired) electrons. The van der Waals surface area contributed by atoms with Crippen molar-refractivity contribution in [2.45, 2.75) is 32.9 Å². The number of amides is 2. The van der Waals surface area contributed by atoms with Crippen molar-refractivity contribution < 1.29 is 24.2 Å². The van der Waals surface area contributed by atoms with Crippen LogP contribution in [-0.2, 0) is 20.9 Å². The van der Waals surface area contributed by atoms with Crippen LogP contribution in [0.15, 0.2) is 67.0 Å². The lowest BCUT2D eigenvalue weighted by Crippen LogP contribution is -2.45. The van der Waals surface area contributed by atoms with Crippen LogP contribution in [-0.4, -0.2) is 33.7 Å². The van der Waals surface area contributed by atoms with Gasteiger partial charge in [0.1, 0.15) is 5.60 Å². The molecule has 2 aromatic rings. The number of pyridine rings is 1. The van der Waals surface area contributed by atoms with Crippen LogP contribution in [0.3, 0.4) is 0 Å². The van der Waals surface area contributed by atoms with Crippen molar-refractivity contribution in [2.75, 3.05) is 5.32 Å². The van der Waals surface area contributed by atoms with Crippen LogP contribution in [0.5, 0.6) is 0 Å². The summed E-state index contributed by atoms with van der Waals surface area (Å²) in [5, 5.41) is 18.2. The van der Waals surface area contributed by atoms with Gasteiger partial charge in [-0.15, -0.1) is 0 Å². The lowest BCUT2D eigenvalue weighted by Gasteiger charge is -2.26. The number of para-hydroxylation sites is 1. The maximum absolute atomic E-state index is 13.1. The summed E-state index contributed by atoms with van der Waals surface area (Å²) in [6.45, 7) is 5.25. The van der Waals surface area contributed by atoms with E-state index in [0.717, 1.165) is 0 Å². The molecule has 33 heavy (non-hydrogen) atoms. The number of anilines is 1. The van der Waals surface area contributed by atoms with Crippen molar-refractivity contribution in [1.82, 2.24) is 15.6 Å². The maximum Gasteiger partial charge on any atom is 0.412 e. The molecule has 172 valence electrons. The zero-order chi connectivity index (χ0) is 24.1. The normalized spacial score (nSPS) is 17.4. The first-order valence-corrected chi connectivity index (χ1v) is 10.3. The van der Waals surface area contributed by atoms with E-state index in [1.165, 1.54) is 18.4 Å². The number of dihydropyridines is 1. The molecule has 1 aromatic carbocycles. The molecule has 0 bridgehead atoms. The van der Waals surface area contributed by atoms with Gasteiger partial charge in [0.25, 0.3) is 0 Å². The van der Waals surface area contributed by atoms with E-state index in [9.17, 15) is 19.5 Å². The third kappa shape index (κ3) is 5.76. The fourth-order valence-corrected chi connectivity index (χ4v) is 3.15. The average Bonchev–Trinajstić information content (AvgIpc) is 2.77. The highest BCUT2D eigenvalue weighted by molar-refractivity contribution is 6.08. The van der Waals surface area contributed by atoms with Crippen molar-refractivity contribution in [3.8, 4) is 0 Å². The Morgan fingerprint density at radius 1 is 1.12 bits per heavy atom. The van der Waals surface area contributed by atoms with E-state index in [0.29, 0.717) is 22.6 Å². The van der Waals surface area contributed by atoms with Crippen LogP contribution in [0.2, 0.25) is 0 Å². The molecule has 3 rings (SSSR count). The van der Waals surface area contributed by atoms with Crippen molar-refractivity contribution >= 4 is 29.4 Å². The molecule has 1 aliphatic heterocycles. The first-order valence-electron chi connectivity index (χ1n) is 10.3. The van der Waals surface area contributed by atoms with Crippen molar-refractivity contribution in [2.24, 2.45) is 5.41 Å². The molecule has 0 saturated carbocycles. The molecule has 2 heterocycles. The lowest BCUT2D eigenvalue weighted by molar-refractivity contribution is -0.149. The standard InChI is InChI=1S/C24H26N4O5/c1-23(2,3)33-22(32)28-17-9-5-4-8-16(17)15-27-20(29)24(21(30)31)11-13-26-19(14-24)18-10-6-7-12-25-18/h4-14,26H,15H2,1-3H3,(H,27,29)(H,28,32)(H,30,31). The number of aliphatic carboxylic acids is 1. The fourth-order valence-electron chi connectivity index (χ4n) is 3.15. The molecule has 1 unspecified atom stereocenters. The third-order valence-corrected chi connectivity index (χ3v) is 4.72. The number of nitrogens with one attached hydrogen (secondary N) is 3. The second kappa shape index (κ2) is 9.56. The summed E-state index contributed by atoms with van der Waals surface area (Å²) in [7, 11) is 0. The summed E-state index contributed by atoms with van der Waals surface area (Å²) in [6.07, 6.45) is 4.97. The SMILES string of the molecule is CC(C)(C)OC(=O)Nc1ccccc1CNC(=O)C1(C(=O)O)C=CNC(c2ccccn2)=C1. The lowest BCUT2D eigenvalue weighted by atomic mass is 9.83. The largest absolute Gasteiger partial charge is 0.480 e. The molecular weight excluding hydrogens is 424 g/mol. The summed E-state index contributed by atoms with van der Waals surface area (Å²) in [6, 6.07) is 12.1. The Balaban J connectivity index is 1.79. The Morgan fingerprint density at radius 2 is 1.85 bits per heavy atom. The molecule has 9 nitrogen and oxygen atoms in total. The van der Waals surface area contributed by atoms with Gasteiger partial charge in [0.15, 0.2) is 5.41 Å². The van der Waals surface area contributed by atoms with Gasteiger partial charge in [0, 0.05) is 18.4 Å². The second-order valence-corrected chi connectivity index (χ2v) is 8.39. The van der Waals surface area contributed by atoms with E-state index in [2.05, 4.69) is 20.9 Å². The number of hydrogen-bond donors (Lipinski definition) is 4. The summed E-state index contributed by atoms with van der Waals surface area (Å²) in [4.78, 5) is 41.6. The van der Waals surface area contributed by atoms with Gasteiger partial charge in [-0.05, 0) is 62.9 Å². The highest BCUT2D eigenvalue weighted by Gasteiger charge is 2.44. The van der Waals surface area contributed by atoms with Crippen LogP contribution < -0.4 is 16.0 Å². The number of aromatic nitrogens is 1. The molecular formula is C24H26N4O5. The third-order valence-electron chi connectivity index (χ3n) is 4.72. The maximum atomic E-state index is 13.1. The minimum atomic E-state index is -1.92. The Hall–Kier alpha value is -4.14. The number of rotatable bonds is 6. The second-order valence-electron chi connectivity index (χ2n) is 8.39. The Bertz CT molecular complexity index is 1110. The van der Waals surface area contributed by atoms with Crippen LogP contribution in [0.4, 0.5) is 10.5 Å². The van der Waals surface area contributed by atoms with Gasteiger partial charge >= 0.3 is 12.1 Å². The summed E-state index contributed by atoms with van der Waals surface area (Å²) < 4.78 is 5.27. The smallest absolute Gasteiger partial charge is 0.412 e. The summed E-state index contributed by atoms with van der Waals surface area (Å²) in [5.41, 5.74) is -0.646. The number of carboxylic acid groups (broad SMARTS) is 1. The predicted molar refractivity (Wildman–Crippen MR) is 123 cm³/mol. The Morgan fingerprint density at radius 3 is 2.52 bits per heavy atom. The van der Waals surface area contributed by atoms with Crippen LogP contribution in [0, 0.1) is 5.41 Å². The van der Waals surface area contributed by atoms with E-state index >= 15 is 0 Å². The Labute approximate surface area is 191 Å². The number of carbonyl (C=O) groups excluding carboxylic acids is 2. The van der Waals surface area contributed by atoms with E-state index in [1.807, 2.05) is 0 Å². The number of ether oxygens (including phenoxy) is 1. The molecule has 4 N–H and O–H groups in total. The number of benzene rings is 1. The Kier molecular flexibility index (Phi) is 6.81. The summed E-state index contributed by atoms with van der Waals surface area (Å²) >= 11 is 0. The molecule has 0 aliphatic carbocycles. The molecule has 1 aliphatic rings. The highest BCUT2D eigenvalue weighted by atomic mass is 16.6. The molecule has 1 atom stereocenters. The van der Waals surface area contributed by atoms with Gasteiger partial charge in [0.2, 0.25) is 5.91 Å². The minimum absolute atomic E-state index is 0.00609. The monoisotopic (exact) mass is 450 g/mol. The molecule has 1 aromatic heterocycles. The van der Waals surface area contributed by atoms with E-state index in [-0.39, 0.29) is 6.54 Å². The van der Waals surface area contributed by atoms with Gasteiger partial charge in [-0.2, -0.15) is 0 Å². The van der Waals surface area contributed by atoms with Crippen LogP contribution >= 0.6 is 0 Å². The van der Waals surface area contributed by atoms with Crippen molar-refractivity contribution in [3.63, 3.8) is 0 Å². The number of carbonyl (C=O) groups is 3. The van der Waals surface area contributed by atoms with Crippen LogP contribution in [0.25, 0.3) is 5.70 Å². The van der Waals surface area contributed by atoms with Crippen molar-refractivity contribution in [1.29, 1.82) is 0 Å². The number of hydrogen-bond acceptors (Lipinski definition) is 6. The zero-order valence-corrected chi connectivity index (χ0v) is 18.6. The van der Waals surface area contributed by atoms with E-state index in [4.69, 9.17) is 4.74 Å². The summed E-state index contributed by atoms with van der Waals surface area (Å²) in [5.74, 6) is -2.06. The fraction of sp³-hybridized carbons (Fsp3) is 0.250. The van der Waals surface area contributed by atoms with E-state index < -0.39 is 29.0 Å². The first kappa shape index (κ1) is 23.5. The molecule has 0 spiro atoms. The highest BCUT2D eigenvalue weighted by Crippen LogP contribution is 2.30. The van der Waals surface area contributed by atoms with Gasteiger partial charge in [0.05, 0.1) is 11.4 Å². The van der Waals surface area contributed by atoms with Gasteiger partial charge in [-0.3, -0.25) is 19.9 Å². The topological polar surface area (TPSA) is 130 Å². The first-order chi connectivity index (χ1) is 15.6. The zero-order valence-electron chi connectivity index (χ0n) is 18.6. The average molecular weight is 450 g/mol. The van der Waals surface area contributed by atoms with Crippen molar-refractivity contribution in [3.05, 3.63) is 78.3 Å². The number of carboxylic acids is 1. The molecule has 0 fully saturated rings. The number of nitrogens with zero attached hydrogens (tertiary/aromatic N) is 1. The van der Waals surface area contributed by atoms with Gasteiger partial charge < -0.3 is 20.5 Å². The molecule has 0 saturated heterocycles. The van der Waals surface area contributed by atoms with Gasteiger partial charge in [-0.1, -0.05) is 24.3 Å². The van der Waals surface area contributed by atoms with Crippen LogP contribution in [0.1, 0.15) is 32.0 Å². The molecule has 9 heteroatoms. The molecule has 2 amide bonds. The van der Waals surface area contributed by atoms with E-state index in [1.54, 1.807) is 69.4 Å². The predicted octanol–water partition coefficient (Wildman–Crippen LogP) is 3.27. The quantitative estimate of drug-likeness (QED) is 0.497. The minimum Gasteiger partial charge on any atom is -0.480 e.